The Balaban J connectivity index is 1.65. The van der Waals surface area contributed by atoms with E-state index < -0.39 is 17.6 Å². The van der Waals surface area contributed by atoms with Gasteiger partial charge < -0.3 is 18.6 Å². The van der Waals surface area contributed by atoms with Gasteiger partial charge in [0.1, 0.15) is 22.6 Å². The number of benzene rings is 2. The van der Waals surface area contributed by atoms with Gasteiger partial charge in [-0.05, 0) is 55.3 Å². The summed E-state index contributed by atoms with van der Waals surface area (Å²) < 4.78 is 20.9. The van der Waals surface area contributed by atoms with E-state index in [0.29, 0.717) is 12.0 Å². The summed E-state index contributed by atoms with van der Waals surface area (Å²) in [5.41, 5.74) is 0.00652. The molecule has 0 bridgehead atoms. The van der Waals surface area contributed by atoms with Crippen LogP contribution >= 0.6 is 0 Å². The van der Waals surface area contributed by atoms with Crippen LogP contribution in [0.25, 0.3) is 17.0 Å². The van der Waals surface area contributed by atoms with Gasteiger partial charge in [-0.3, -0.25) is 0 Å². The second-order valence-electron chi connectivity index (χ2n) is 6.89. The van der Waals surface area contributed by atoms with Crippen LogP contribution in [0.5, 0.6) is 11.5 Å². The molecule has 1 heterocycles. The molecule has 32 heavy (non-hydrogen) atoms. The maximum atomic E-state index is 12.2. The third-order valence-electron chi connectivity index (χ3n) is 4.48. The lowest BCUT2D eigenvalue weighted by Crippen LogP contribution is -2.16. The van der Waals surface area contributed by atoms with E-state index in [1.54, 1.807) is 25.1 Å². The molecule has 0 saturated carbocycles. The summed E-state index contributed by atoms with van der Waals surface area (Å²) in [4.78, 5) is 36.0. The Hall–Kier alpha value is -3.87. The Labute approximate surface area is 185 Å². The highest BCUT2D eigenvalue weighted by atomic mass is 16.5. The van der Waals surface area contributed by atoms with Crippen molar-refractivity contribution in [2.24, 2.45) is 0 Å². The number of hydrogen-bond donors (Lipinski definition) is 0. The van der Waals surface area contributed by atoms with E-state index in [-0.39, 0.29) is 23.5 Å². The van der Waals surface area contributed by atoms with Gasteiger partial charge in [0.2, 0.25) is 0 Å². The Morgan fingerprint density at radius 2 is 1.75 bits per heavy atom. The van der Waals surface area contributed by atoms with Crippen molar-refractivity contribution < 1.29 is 28.2 Å². The van der Waals surface area contributed by atoms with Gasteiger partial charge in [-0.2, -0.15) is 0 Å². The number of unbranched alkanes of at least 4 members (excludes halogenated alkanes) is 1. The topological polar surface area (TPSA) is 92.0 Å². The first-order valence-corrected chi connectivity index (χ1v) is 10.4. The first kappa shape index (κ1) is 22.8. The minimum Gasteiger partial charge on any atom is -0.494 e. The lowest BCUT2D eigenvalue weighted by molar-refractivity contribution is -0.128. The number of ether oxygens (including phenoxy) is 3. The lowest BCUT2D eigenvalue weighted by atomic mass is 10.2. The van der Waals surface area contributed by atoms with Gasteiger partial charge >= 0.3 is 17.6 Å². The maximum Gasteiger partial charge on any atom is 0.351 e. The van der Waals surface area contributed by atoms with Crippen molar-refractivity contribution >= 4 is 29.0 Å². The molecule has 0 aliphatic carbocycles. The van der Waals surface area contributed by atoms with E-state index in [9.17, 15) is 14.4 Å². The van der Waals surface area contributed by atoms with E-state index in [1.165, 1.54) is 18.2 Å². The molecular weight excluding hydrogens is 412 g/mol. The zero-order valence-corrected chi connectivity index (χ0v) is 18.0. The van der Waals surface area contributed by atoms with Gasteiger partial charge in [0.05, 0.1) is 13.2 Å². The Bertz CT molecular complexity index is 1170. The predicted octanol–water partition coefficient (Wildman–Crippen LogP) is 4.77. The van der Waals surface area contributed by atoms with E-state index in [0.717, 1.165) is 24.2 Å². The normalized spacial score (nSPS) is 10.9. The quantitative estimate of drug-likeness (QED) is 0.157. The van der Waals surface area contributed by atoms with Crippen molar-refractivity contribution in [3.05, 3.63) is 76.2 Å². The monoisotopic (exact) mass is 436 g/mol. The molecule has 0 fully saturated rings. The molecule has 3 rings (SSSR count). The lowest BCUT2D eigenvalue weighted by Gasteiger charge is -2.05. The number of carbonyl (C=O) groups excluding carboxylic acids is 2. The summed E-state index contributed by atoms with van der Waals surface area (Å²) in [6.45, 7) is 4.57. The van der Waals surface area contributed by atoms with Gasteiger partial charge in [0, 0.05) is 17.5 Å². The summed E-state index contributed by atoms with van der Waals surface area (Å²) in [5.74, 6) is -0.344. The summed E-state index contributed by atoms with van der Waals surface area (Å²) in [6, 6.07) is 13.3. The van der Waals surface area contributed by atoms with Crippen LogP contribution in [0.15, 0.2) is 63.8 Å². The van der Waals surface area contributed by atoms with Gasteiger partial charge in [-0.25, -0.2) is 14.4 Å². The Morgan fingerprint density at radius 1 is 1.00 bits per heavy atom. The Kier molecular flexibility index (Phi) is 7.80. The molecule has 0 spiro atoms. The van der Waals surface area contributed by atoms with Crippen molar-refractivity contribution in [3.8, 4) is 11.5 Å². The first-order chi connectivity index (χ1) is 15.5. The van der Waals surface area contributed by atoms with Crippen LogP contribution in [0.3, 0.4) is 0 Å². The second-order valence-corrected chi connectivity index (χ2v) is 6.89. The number of carbonyl (C=O) groups is 2. The molecule has 0 aliphatic rings. The van der Waals surface area contributed by atoms with Gasteiger partial charge in [0.25, 0.3) is 0 Å². The summed E-state index contributed by atoms with van der Waals surface area (Å²) in [7, 11) is 0. The molecule has 7 nitrogen and oxygen atoms in total. The summed E-state index contributed by atoms with van der Waals surface area (Å²) in [6.07, 6.45) is 5.00. The van der Waals surface area contributed by atoms with E-state index in [2.05, 4.69) is 6.92 Å². The third-order valence-corrected chi connectivity index (χ3v) is 4.48. The fourth-order valence-corrected chi connectivity index (χ4v) is 2.83. The zero-order valence-electron chi connectivity index (χ0n) is 18.0. The SMILES string of the molecule is CCCCOc1ccc(/C=C/C(=O)Oc2ccc3cc(C(=O)OCC)c(=O)oc3c2)cc1. The van der Waals surface area contributed by atoms with Crippen LogP contribution in [-0.4, -0.2) is 25.2 Å². The number of rotatable bonds is 9. The smallest absolute Gasteiger partial charge is 0.351 e. The molecule has 0 atom stereocenters. The van der Waals surface area contributed by atoms with Crippen molar-refractivity contribution in [1.82, 2.24) is 0 Å². The van der Waals surface area contributed by atoms with E-state index in [4.69, 9.17) is 18.6 Å². The van der Waals surface area contributed by atoms with Crippen LogP contribution in [0, 0.1) is 0 Å². The highest BCUT2D eigenvalue weighted by molar-refractivity contribution is 5.93. The molecule has 0 unspecified atom stereocenters. The largest absolute Gasteiger partial charge is 0.494 e. The van der Waals surface area contributed by atoms with Crippen LogP contribution in [0.1, 0.15) is 42.6 Å². The number of esters is 2. The van der Waals surface area contributed by atoms with Crippen LogP contribution in [-0.2, 0) is 9.53 Å². The minimum atomic E-state index is -0.818. The first-order valence-electron chi connectivity index (χ1n) is 10.4. The molecule has 0 aliphatic heterocycles. The fraction of sp³-hybridized carbons (Fsp3) is 0.240. The average molecular weight is 436 g/mol. The molecule has 2 aromatic carbocycles. The molecular formula is C25H24O7. The van der Waals surface area contributed by atoms with Gasteiger partial charge in [-0.15, -0.1) is 0 Å². The zero-order chi connectivity index (χ0) is 22.9. The Morgan fingerprint density at radius 3 is 2.47 bits per heavy atom. The second kappa shape index (κ2) is 10.9. The van der Waals surface area contributed by atoms with Crippen molar-refractivity contribution in [3.63, 3.8) is 0 Å². The molecule has 7 heteroatoms. The molecule has 0 radical (unpaired) electrons. The van der Waals surface area contributed by atoms with Crippen LogP contribution in [0.4, 0.5) is 0 Å². The highest BCUT2D eigenvalue weighted by Crippen LogP contribution is 2.21. The molecule has 0 amide bonds. The molecule has 0 saturated heterocycles. The van der Waals surface area contributed by atoms with Crippen molar-refractivity contribution in [2.75, 3.05) is 13.2 Å². The van der Waals surface area contributed by atoms with Gasteiger partial charge in [-0.1, -0.05) is 25.5 Å². The maximum absolute atomic E-state index is 12.2. The summed E-state index contributed by atoms with van der Waals surface area (Å²) in [5, 5.41) is 0.504. The van der Waals surface area contributed by atoms with Crippen molar-refractivity contribution in [2.45, 2.75) is 26.7 Å². The van der Waals surface area contributed by atoms with Crippen molar-refractivity contribution in [1.29, 1.82) is 0 Å². The van der Waals surface area contributed by atoms with E-state index >= 15 is 0 Å². The average Bonchev–Trinajstić information content (AvgIpc) is 2.78. The standard InChI is InChI=1S/C25H24O7/c1-3-5-14-30-19-10-6-17(7-11-19)8-13-23(26)31-20-12-9-18-15-21(24(27)29-4-2)25(28)32-22(18)16-20/h6-13,15-16H,3-5,14H2,1-2H3/b13-8+. The third kappa shape index (κ3) is 6.07. The number of fused-ring (bicyclic) bond motifs is 1. The molecule has 0 N–H and O–H groups in total. The minimum absolute atomic E-state index is 0.148. The fourth-order valence-electron chi connectivity index (χ4n) is 2.83. The predicted molar refractivity (Wildman–Crippen MR) is 120 cm³/mol. The molecule has 3 aromatic rings. The molecule has 1 aromatic heterocycles. The van der Waals surface area contributed by atoms with Gasteiger partial charge in [0.15, 0.2) is 0 Å². The van der Waals surface area contributed by atoms with Crippen LogP contribution in [0.2, 0.25) is 0 Å². The molecule has 166 valence electrons. The van der Waals surface area contributed by atoms with E-state index in [1.807, 2.05) is 24.3 Å². The summed E-state index contributed by atoms with van der Waals surface area (Å²) >= 11 is 0. The highest BCUT2D eigenvalue weighted by Gasteiger charge is 2.15. The number of hydrogen-bond acceptors (Lipinski definition) is 7. The van der Waals surface area contributed by atoms with Crippen LogP contribution < -0.4 is 15.1 Å².